The quantitative estimate of drug-likeness (QED) is 0.360. The van der Waals surface area contributed by atoms with E-state index < -0.39 is 0 Å². The Morgan fingerprint density at radius 3 is 2.37 bits per heavy atom. The molecule has 0 radical (unpaired) electrons. The fourth-order valence-corrected chi connectivity index (χ4v) is 5.15. The van der Waals surface area contributed by atoms with Crippen LogP contribution in [0.15, 0.2) is 48.5 Å². The van der Waals surface area contributed by atoms with Crippen LogP contribution in [0.5, 0.6) is 0 Å². The van der Waals surface area contributed by atoms with E-state index in [1.165, 1.54) is 44.1 Å². The van der Waals surface area contributed by atoms with Gasteiger partial charge in [-0.15, -0.1) is 10.2 Å². The third-order valence-corrected chi connectivity index (χ3v) is 6.99. The maximum absolute atomic E-state index is 5.01. The predicted molar refractivity (Wildman–Crippen MR) is 138 cm³/mol. The highest BCUT2D eigenvalue weighted by Gasteiger charge is 2.22. The average Bonchev–Trinajstić information content (AvgIpc) is 3.54. The van der Waals surface area contributed by atoms with Crippen LogP contribution >= 0.6 is 0 Å². The molecular formula is C28H35N7. The lowest BCUT2D eigenvalue weighted by Crippen LogP contribution is -2.25. The average molecular weight is 470 g/mol. The molecule has 0 bridgehead atoms. The largest absolute Gasteiger partial charge is 0.244 e. The van der Waals surface area contributed by atoms with E-state index in [4.69, 9.17) is 10.1 Å². The molecule has 0 saturated heterocycles. The lowest BCUT2D eigenvalue weighted by molar-refractivity contribution is 0.330. The van der Waals surface area contributed by atoms with Crippen molar-refractivity contribution in [2.45, 2.75) is 77.7 Å². The first-order chi connectivity index (χ1) is 17.0. The lowest BCUT2D eigenvalue weighted by Gasteiger charge is -2.21. The van der Waals surface area contributed by atoms with Gasteiger partial charge in [-0.3, -0.25) is 0 Å². The molecule has 7 nitrogen and oxygen atoms in total. The van der Waals surface area contributed by atoms with Gasteiger partial charge in [-0.2, -0.15) is 10.3 Å². The molecule has 0 unspecified atom stereocenters. The molecule has 0 aliphatic heterocycles. The number of benzene rings is 2. The highest BCUT2D eigenvalue weighted by Crippen LogP contribution is 2.30. The molecule has 35 heavy (non-hydrogen) atoms. The van der Waals surface area contributed by atoms with E-state index in [0.717, 1.165) is 47.1 Å². The maximum atomic E-state index is 5.01. The van der Waals surface area contributed by atoms with E-state index in [-0.39, 0.29) is 5.54 Å². The Kier molecular flexibility index (Phi) is 6.75. The van der Waals surface area contributed by atoms with Crippen molar-refractivity contribution in [3.63, 3.8) is 0 Å². The first kappa shape index (κ1) is 23.4. The summed E-state index contributed by atoms with van der Waals surface area (Å²) in [6.45, 7) is 6.61. The van der Waals surface area contributed by atoms with Gasteiger partial charge in [0.1, 0.15) is 5.82 Å². The first-order valence-electron chi connectivity index (χ1n) is 12.8. The van der Waals surface area contributed by atoms with E-state index in [9.17, 15) is 0 Å². The molecule has 1 fully saturated rings. The number of rotatable bonds is 7. The Morgan fingerprint density at radius 1 is 0.943 bits per heavy atom. The second-order valence-corrected chi connectivity index (χ2v) is 10.7. The molecule has 7 heteroatoms. The Balaban J connectivity index is 1.34. The molecule has 1 saturated carbocycles. The number of H-pyrrole nitrogens is 1. The van der Waals surface area contributed by atoms with Crippen molar-refractivity contribution in [1.29, 1.82) is 0 Å². The number of hydrogen-bond acceptors (Lipinski definition) is 5. The minimum atomic E-state index is -0.102. The number of aromatic nitrogens is 7. The summed E-state index contributed by atoms with van der Waals surface area (Å²) in [6.07, 6.45) is 9.86. The van der Waals surface area contributed by atoms with E-state index >= 15 is 0 Å². The zero-order chi connectivity index (χ0) is 24.3. The van der Waals surface area contributed by atoms with Gasteiger partial charge in [0.2, 0.25) is 5.82 Å². The Labute approximate surface area is 207 Å². The molecule has 182 valence electrons. The fourth-order valence-electron chi connectivity index (χ4n) is 5.15. The van der Waals surface area contributed by atoms with E-state index in [0.29, 0.717) is 5.82 Å². The summed E-state index contributed by atoms with van der Waals surface area (Å²) in [5, 5.41) is 19.5. The monoisotopic (exact) mass is 469 g/mol. The van der Waals surface area contributed by atoms with Crippen molar-refractivity contribution in [1.82, 2.24) is 35.4 Å². The van der Waals surface area contributed by atoms with Crippen molar-refractivity contribution in [3.8, 4) is 22.5 Å². The van der Waals surface area contributed by atoms with Crippen LogP contribution in [0.2, 0.25) is 0 Å². The number of hydrogen-bond donors (Lipinski definition) is 1. The van der Waals surface area contributed by atoms with Crippen LogP contribution in [-0.2, 0) is 18.4 Å². The van der Waals surface area contributed by atoms with Gasteiger partial charge in [0.15, 0.2) is 5.82 Å². The van der Waals surface area contributed by atoms with Gasteiger partial charge in [-0.1, -0.05) is 80.6 Å². The molecule has 0 amide bonds. The molecule has 4 aromatic rings. The Hall–Kier alpha value is -3.35. The van der Waals surface area contributed by atoms with Gasteiger partial charge >= 0.3 is 0 Å². The Bertz CT molecular complexity index is 1230. The summed E-state index contributed by atoms with van der Waals surface area (Å²) in [4.78, 5) is 5.01. The number of aryl methyl sites for hydroxylation is 1. The highest BCUT2D eigenvalue weighted by atomic mass is 15.5. The van der Waals surface area contributed by atoms with Gasteiger partial charge < -0.3 is 0 Å². The smallest absolute Gasteiger partial charge is 0.205 e. The first-order valence-corrected chi connectivity index (χ1v) is 12.8. The number of aromatic amines is 1. The molecular weight excluding hydrogens is 434 g/mol. The third-order valence-electron chi connectivity index (χ3n) is 6.99. The summed E-state index contributed by atoms with van der Waals surface area (Å²) in [7, 11) is 0. The topological polar surface area (TPSA) is 85.2 Å². The van der Waals surface area contributed by atoms with Gasteiger partial charge in [0.25, 0.3) is 0 Å². The van der Waals surface area contributed by atoms with E-state index in [1.54, 1.807) is 0 Å². The summed E-state index contributed by atoms with van der Waals surface area (Å²) in [6, 6.07) is 16.8. The van der Waals surface area contributed by atoms with Crippen LogP contribution in [0.4, 0.5) is 0 Å². The molecule has 5 rings (SSSR count). The zero-order valence-corrected chi connectivity index (χ0v) is 21.0. The lowest BCUT2D eigenvalue weighted by atomic mass is 9.86. The van der Waals surface area contributed by atoms with Crippen molar-refractivity contribution in [2.24, 2.45) is 5.92 Å². The van der Waals surface area contributed by atoms with Gasteiger partial charge in [-0.25, -0.2) is 9.67 Å². The van der Waals surface area contributed by atoms with Gasteiger partial charge in [0, 0.05) is 18.4 Å². The molecule has 0 spiro atoms. The number of tetrazole rings is 1. The third kappa shape index (κ3) is 5.50. The minimum Gasteiger partial charge on any atom is -0.244 e. The molecule has 2 heterocycles. The molecule has 1 aliphatic carbocycles. The number of nitrogens with zero attached hydrogens (tertiary/aromatic N) is 6. The molecule has 1 N–H and O–H groups in total. The molecule has 2 aromatic heterocycles. The molecule has 0 atom stereocenters. The SMILES string of the molecule is CC(C)(C)n1nc(CCC2CCCCC2)nc1Cc1ccc(-c2ccccc2-c2nn[nH]n2)cc1. The van der Waals surface area contributed by atoms with Gasteiger partial charge in [0.05, 0.1) is 5.54 Å². The van der Waals surface area contributed by atoms with Crippen LogP contribution in [0.3, 0.4) is 0 Å². The molecule has 1 aliphatic rings. The standard InChI is InChI=1S/C28H35N7/c1-28(2,3)35-26(29-25(32-35)18-15-20-9-5-4-6-10-20)19-21-13-16-22(17-14-21)23-11-7-8-12-24(23)27-30-33-34-31-27/h7-8,11-14,16-17,20H,4-6,9-10,15,18-19H2,1-3H3,(H,30,31,33,34). The van der Waals surface area contributed by atoms with Crippen molar-refractivity contribution in [2.75, 3.05) is 0 Å². The van der Waals surface area contributed by atoms with Crippen molar-refractivity contribution in [3.05, 3.63) is 65.7 Å². The normalized spacial score (nSPS) is 14.9. The van der Waals surface area contributed by atoms with Crippen LogP contribution in [0, 0.1) is 5.92 Å². The highest BCUT2D eigenvalue weighted by molar-refractivity contribution is 5.80. The minimum absolute atomic E-state index is 0.102. The van der Waals surface area contributed by atoms with Gasteiger partial charge in [-0.05, 0) is 55.0 Å². The summed E-state index contributed by atoms with van der Waals surface area (Å²) >= 11 is 0. The van der Waals surface area contributed by atoms with Crippen LogP contribution in [-0.4, -0.2) is 35.4 Å². The van der Waals surface area contributed by atoms with Crippen LogP contribution in [0.1, 0.15) is 76.5 Å². The van der Waals surface area contributed by atoms with Crippen molar-refractivity contribution < 1.29 is 0 Å². The summed E-state index contributed by atoms with van der Waals surface area (Å²) < 4.78 is 2.13. The zero-order valence-electron chi connectivity index (χ0n) is 21.0. The van der Waals surface area contributed by atoms with E-state index in [2.05, 4.69) is 76.4 Å². The predicted octanol–water partition coefficient (Wildman–Crippen LogP) is 5.98. The second-order valence-electron chi connectivity index (χ2n) is 10.7. The molecule has 2 aromatic carbocycles. The Morgan fingerprint density at radius 2 is 1.69 bits per heavy atom. The summed E-state index contributed by atoms with van der Waals surface area (Å²) in [5.74, 6) is 3.47. The maximum Gasteiger partial charge on any atom is 0.205 e. The second kappa shape index (κ2) is 10.1. The van der Waals surface area contributed by atoms with E-state index in [1.807, 2.05) is 18.2 Å². The van der Waals surface area contributed by atoms with Crippen LogP contribution in [0.25, 0.3) is 22.5 Å². The fraction of sp³-hybridized carbons (Fsp3) is 0.464. The van der Waals surface area contributed by atoms with Crippen LogP contribution < -0.4 is 0 Å². The summed E-state index contributed by atoms with van der Waals surface area (Å²) in [5.41, 5.74) is 4.30. The van der Waals surface area contributed by atoms with Crippen molar-refractivity contribution >= 4 is 0 Å². The number of nitrogens with one attached hydrogen (secondary N) is 1.